The van der Waals surface area contributed by atoms with Crippen LogP contribution in [0.5, 0.6) is 0 Å². The molecule has 0 amide bonds. The van der Waals surface area contributed by atoms with Crippen LogP contribution in [-0.2, 0) is 6.42 Å². The molecular formula is C11H14BrN3. The summed E-state index contributed by atoms with van der Waals surface area (Å²) in [5.41, 5.74) is 2.24. The van der Waals surface area contributed by atoms with Crippen LogP contribution in [0.1, 0.15) is 19.5 Å². The third-order valence-corrected chi connectivity index (χ3v) is 3.83. The van der Waals surface area contributed by atoms with E-state index in [-0.39, 0.29) is 5.41 Å². The molecule has 0 unspecified atom stereocenters. The predicted molar refractivity (Wildman–Crippen MR) is 64.3 cm³/mol. The van der Waals surface area contributed by atoms with E-state index in [4.69, 9.17) is 0 Å². The number of halogens is 1. The molecule has 80 valence electrons. The van der Waals surface area contributed by atoms with Crippen molar-refractivity contribution >= 4 is 21.6 Å². The van der Waals surface area contributed by atoms with E-state index in [9.17, 15) is 0 Å². The second-order valence-electron chi connectivity index (χ2n) is 4.53. The summed E-state index contributed by atoms with van der Waals surface area (Å²) in [6.07, 6.45) is 4.67. The summed E-state index contributed by atoms with van der Waals surface area (Å²) in [6.45, 7) is 4.44. The van der Waals surface area contributed by atoms with E-state index >= 15 is 0 Å². The van der Waals surface area contributed by atoms with Gasteiger partial charge in [-0.15, -0.1) is 0 Å². The smallest absolute Gasteiger partial charge is 0.155 e. The molecule has 2 aromatic heterocycles. The highest BCUT2D eigenvalue weighted by Crippen LogP contribution is 2.23. The average molecular weight is 268 g/mol. The lowest BCUT2D eigenvalue weighted by molar-refractivity contribution is 0.419. The summed E-state index contributed by atoms with van der Waals surface area (Å²) in [7, 11) is 0. The molecule has 0 aliphatic heterocycles. The Bertz CT molecular complexity index is 429. The quantitative estimate of drug-likeness (QED) is 0.801. The maximum Gasteiger partial charge on any atom is 0.155 e. The number of hydrogen-bond acceptors (Lipinski definition) is 2. The summed E-state index contributed by atoms with van der Waals surface area (Å²) in [5.74, 6) is 0. The monoisotopic (exact) mass is 267 g/mol. The van der Waals surface area contributed by atoms with Crippen molar-refractivity contribution in [3.63, 3.8) is 0 Å². The van der Waals surface area contributed by atoms with E-state index in [1.165, 1.54) is 0 Å². The molecule has 0 aliphatic carbocycles. The molecule has 0 saturated heterocycles. The fourth-order valence-corrected chi connectivity index (χ4v) is 1.70. The van der Waals surface area contributed by atoms with Gasteiger partial charge in [-0.05, 0) is 17.9 Å². The van der Waals surface area contributed by atoms with Gasteiger partial charge in [0.2, 0.25) is 0 Å². The Labute approximate surface area is 97.6 Å². The molecule has 2 heterocycles. The second-order valence-corrected chi connectivity index (χ2v) is 5.09. The normalized spacial score (nSPS) is 12.2. The van der Waals surface area contributed by atoms with Gasteiger partial charge in [-0.3, -0.25) is 0 Å². The van der Waals surface area contributed by atoms with Gasteiger partial charge in [0.25, 0.3) is 0 Å². The van der Waals surface area contributed by atoms with Crippen LogP contribution in [0, 0.1) is 5.41 Å². The van der Waals surface area contributed by atoms with Gasteiger partial charge in [0.1, 0.15) is 0 Å². The van der Waals surface area contributed by atoms with Crippen molar-refractivity contribution in [2.24, 2.45) is 5.41 Å². The fraction of sp³-hybridized carbons (Fsp3) is 0.455. The predicted octanol–water partition coefficient (Wildman–Crippen LogP) is 2.69. The highest BCUT2D eigenvalue weighted by Gasteiger charge is 2.18. The summed E-state index contributed by atoms with van der Waals surface area (Å²) >= 11 is 3.52. The van der Waals surface area contributed by atoms with E-state index < -0.39 is 0 Å². The van der Waals surface area contributed by atoms with E-state index in [0.717, 1.165) is 23.1 Å². The minimum atomic E-state index is 0.234. The summed E-state index contributed by atoms with van der Waals surface area (Å²) in [4.78, 5) is 4.25. The first-order valence-electron chi connectivity index (χ1n) is 4.96. The highest BCUT2D eigenvalue weighted by atomic mass is 79.9. The molecule has 0 atom stereocenters. The average Bonchev–Trinajstić information content (AvgIpc) is 2.58. The number of aromatic nitrogens is 3. The Morgan fingerprint density at radius 2 is 2.27 bits per heavy atom. The maximum atomic E-state index is 4.48. The van der Waals surface area contributed by atoms with Crippen molar-refractivity contribution in [1.82, 2.24) is 14.6 Å². The Morgan fingerprint density at radius 3 is 2.93 bits per heavy atom. The molecular weight excluding hydrogens is 254 g/mol. The first-order valence-corrected chi connectivity index (χ1v) is 6.08. The fourth-order valence-electron chi connectivity index (χ4n) is 1.50. The molecule has 4 heteroatoms. The number of hydrogen-bond donors (Lipinski definition) is 0. The zero-order chi connectivity index (χ0) is 10.9. The Hall–Kier alpha value is -0.900. The Morgan fingerprint density at radius 1 is 1.47 bits per heavy atom. The molecule has 0 spiro atoms. The molecule has 2 aromatic rings. The van der Waals surface area contributed by atoms with Gasteiger partial charge < -0.3 is 0 Å². The molecule has 0 fully saturated rings. The molecule has 0 radical (unpaired) electrons. The number of fused-ring (bicyclic) bond motifs is 1. The SMILES string of the molecule is CC(C)(CBr)Cc1cc2ncccn2n1. The number of rotatable bonds is 3. The van der Waals surface area contributed by atoms with E-state index in [1.807, 2.05) is 22.8 Å². The Balaban J connectivity index is 2.30. The van der Waals surface area contributed by atoms with Gasteiger partial charge in [-0.1, -0.05) is 29.8 Å². The molecule has 0 saturated carbocycles. The van der Waals surface area contributed by atoms with Crippen LogP contribution in [-0.4, -0.2) is 19.9 Å². The van der Waals surface area contributed by atoms with Crippen molar-refractivity contribution in [2.45, 2.75) is 20.3 Å². The van der Waals surface area contributed by atoms with Crippen molar-refractivity contribution < 1.29 is 0 Å². The van der Waals surface area contributed by atoms with Crippen LogP contribution in [0.25, 0.3) is 5.65 Å². The van der Waals surface area contributed by atoms with Crippen LogP contribution in [0.2, 0.25) is 0 Å². The lowest BCUT2D eigenvalue weighted by Crippen LogP contribution is -2.16. The standard InChI is InChI=1S/C11H14BrN3/c1-11(2,8-12)7-9-6-10-13-4-3-5-15(10)14-9/h3-6H,7-8H2,1-2H3. The van der Waals surface area contributed by atoms with Crippen LogP contribution in [0.15, 0.2) is 24.5 Å². The number of alkyl halides is 1. The molecule has 0 aromatic carbocycles. The Kier molecular flexibility index (Phi) is 2.78. The first-order chi connectivity index (χ1) is 7.11. The molecule has 0 N–H and O–H groups in total. The van der Waals surface area contributed by atoms with Crippen molar-refractivity contribution in [1.29, 1.82) is 0 Å². The number of nitrogens with zero attached hydrogens (tertiary/aromatic N) is 3. The molecule has 0 aliphatic rings. The van der Waals surface area contributed by atoms with Crippen molar-refractivity contribution in [2.75, 3.05) is 5.33 Å². The lowest BCUT2D eigenvalue weighted by atomic mass is 9.91. The van der Waals surface area contributed by atoms with Gasteiger partial charge in [-0.25, -0.2) is 9.50 Å². The van der Waals surface area contributed by atoms with Crippen molar-refractivity contribution in [3.05, 3.63) is 30.2 Å². The maximum absolute atomic E-state index is 4.48. The topological polar surface area (TPSA) is 30.2 Å². The summed E-state index contributed by atoms with van der Waals surface area (Å²) in [6, 6.07) is 3.93. The largest absolute Gasteiger partial charge is 0.237 e. The highest BCUT2D eigenvalue weighted by molar-refractivity contribution is 9.09. The second kappa shape index (κ2) is 3.93. The molecule has 0 bridgehead atoms. The first kappa shape index (κ1) is 10.6. The van der Waals surface area contributed by atoms with Gasteiger partial charge >= 0.3 is 0 Å². The molecule has 15 heavy (non-hydrogen) atoms. The van der Waals surface area contributed by atoms with Crippen molar-refractivity contribution in [3.8, 4) is 0 Å². The third kappa shape index (κ3) is 2.37. The van der Waals surface area contributed by atoms with Crippen LogP contribution >= 0.6 is 15.9 Å². The van der Waals surface area contributed by atoms with Gasteiger partial charge in [-0.2, -0.15) is 5.10 Å². The lowest BCUT2D eigenvalue weighted by Gasteiger charge is -2.19. The minimum absolute atomic E-state index is 0.234. The zero-order valence-electron chi connectivity index (χ0n) is 8.94. The van der Waals surface area contributed by atoms with Crippen LogP contribution in [0.3, 0.4) is 0 Å². The zero-order valence-corrected chi connectivity index (χ0v) is 10.5. The third-order valence-electron chi connectivity index (χ3n) is 2.31. The van der Waals surface area contributed by atoms with Crippen LogP contribution in [0.4, 0.5) is 0 Å². The van der Waals surface area contributed by atoms with E-state index in [1.54, 1.807) is 6.20 Å². The molecule has 3 nitrogen and oxygen atoms in total. The molecule has 2 rings (SSSR count). The summed E-state index contributed by atoms with van der Waals surface area (Å²) < 4.78 is 1.82. The van der Waals surface area contributed by atoms with Gasteiger partial charge in [0.05, 0.1) is 5.69 Å². The van der Waals surface area contributed by atoms with Gasteiger partial charge in [0, 0.05) is 23.8 Å². The van der Waals surface area contributed by atoms with E-state index in [2.05, 4.69) is 39.9 Å². The van der Waals surface area contributed by atoms with Crippen LogP contribution < -0.4 is 0 Å². The van der Waals surface area contributed by atoms with Gasteiger partial charge in [0.15, 0.2) is 5.65 Å². The van der Waals surface area contributed by atoms with E-state index in [0.29, 0.717) is 0 Å². The summed E-state index contributed by atoms with van der Waals surface area (Å²) in [5, 5.41) is 5.45. The minimum Gasteiger partial charge on any atom is -0.237 e.